The van der Waals surface area contributed by atoms with Crippen molar-refractivity contribution in [2.45, 2.75) is 45.4 Å². The lowest BCUT2D eigenvalue weighted by Gasteiger charge is -2.48. The molecule has 4 aromatic carbocycles. The van der Waals surface area contributed by atoms with Gasteiger partial charge in [0.2, 0.25) is 0 Å². The Bertz CT molecular complexity index is 1770. The van der Waals surface area contributed by atoms with Gasteiger partial charge in [0.15, 0.2) is 0 Å². The Morgan fingerprint density at radius 3 is 2.25 bits per heavy atom. The largest absolute Gasteiger partial charge is 0.459 e. The van der Waals surface area contributed by atoms with Crippen LogP contribution in [0, 0.1) is 0 Å². The van der Waals surface area contributed by atoms with Crippen molar-refractivity contribution in [3.63, 3.8) is 0 Å². The van der Waals surface area contributed by atoms with Gasteiger partial charge < -0.3 is 9.55 Å². The summed E-state index contributed by atoms with van der Waals surface area (Å²) >= 11 is 0. The van der Waals surface area contributed by atoms with Gasteiger partial charge in [-0.15, -0.1) is 0 Å². The molecule has 0 fully saturated rings. The zero-order chi connectivity index (χ0) is 27.8. The van der Waals surface area contributed by atoms with E-state index in [0.29, 0.717) is 0 Å². The third kappa shape index (κ3) is 3.24. The predicted molar refractivity (Wildman–Crippen MR) is 169 cm³/mol. The Kier molecular flexibility index (Phi) is 5.35. The van der Waals surface area contributed by atoms with Crippen molar-refractivity contribution in [2.24, 2.45) is 0 Å². The number of rotatable bonds is 3. The second-order valence-corrected chi connectivity index (χ2v) is 12.3. The molecular weight excluding hydrogens is 485 g/mol. The SMILES string of the molecule is C=C/C=C\C1=C(C)B(N2c3ccccc3C(C)(C)c3ccc4c(c32)C(C)(C)c2ccccc2-4)c2ccccc2O1. The molecule has 196 valence electrons. The first-order chi connectivity index (χ1) is 19.3. The van der Waals surface area contributed by atoms with Crippen LogP contribution in [0.3, 0.4) is 0 Å². The molecule has 3 aliphatic rings. The van der Waals surface area contributed by atoms with Gasteiger partial charge in [0, 0.05) is 22.2 Å². The van der Waals surface area contributed by atoms with Crippen molar-refractivity contribution in [3.8, 4) is 16.9 Å². The van der Waals surface area contributed by atoms with Crippen molar-refractivity contribution < 1.29 is 4.74 Å². The van der Waals surface area contributed by atoms with Crippen molar-refractivity contribution in [1.82, 2.24) is 0 Å². The lowest BCUT2D eigenvalue weighted by atomic mass is 9.46. The van der Waals surface area contributed by atoms with E-state index >= 15 is 0 Å². The molecule has 0 saturated carbocycles. The molecule has 0 spiro atoms. The maximum atomic E-state index is 6.49. The first kappa shape index (κ1) is 24.8. The number of fused-ring (bicyclic) bond motifs is 7. The summed E-state index contributed by atoms with van der Waals surface area (Å²) in [5.41, 5.74) is 12.8. The summed E-state index contributed by atoms with van der Waals surface area (Å²) in [5.74, 6) is 1.78. The van der Waals surface area contributed by atoms with E-state index in [2.05, 4.69) is 131 Å². The molecule has 0 radical (unpaired) electrons. The lowest BCUT2D eigenvalue weighted by molar-refractivity contribution is 0.441. The van der Waals surface area contributed by atoms with Gasteiger partial charge in [0.1, 0.15) is 11.5 Å². The smallest absolute Gasteiger partial charge is 0.331 e. The molecule has 1 aliphatic carbocycles. The van der Waals surface area contributed by atoms with Crippen LogP contribution in [0.15, 0.2) is 121 Å². The summed E-state index contributed by atoms with van der Waals surface area (Å²) in [7, 11) is 0. The molecule has 7 rings (SSSR count). The number of nitrogens with zero attached hydrogens (tertiary/aromatic N) is 1. The van der Waals surface area contributed by atoms with Crippen molar-refractivity contribution in [1.29, 1.82) is 0 Å². The quantitative estimate of drug-likeness (QED) is 0.199. The summed E-state index contributed by atoms with van der Waals surface area (Å²) in [5, 5.41) is 0. The van der Waals surface area contributed by atoms with Crippen LogP contribution in [0.25, 0.3) is 11.1 Å². The third-order valence-corrected chi connectivity index (χ3v) is 9.32. The highest BCUT2D eigenvalue weighted by molar-refractivity contribution is 6.85. The number of para-hydroxylation sites is 2. The minimum Gasteiger partial charge on any atom is -0.459 e. The average molecular weight is 519 g/mol. The molecule has 0 aromatic heterocycles. The summed E-state index contributed by atoms with van der Waals surface area (Å²) in [4.78, 5) is 2.63. The fraction of sp³-hybridized carbons (Fsp3) is 0.189. The van der Waals surface area contributed by atoms with E-state index in [1.165, 1.54) is 55.7 Å². The number of hydrogen-bond acceptors (Lipinski definition) is 2. The molecule has 2 nitrogen and oxygen atoms in total. The van der Waals surface area contributed by atoms with Gasteiger partial charge in [-0.25, -0.2) is 0 Å². The number of allylic oxidation sites excluding steroid dienone is 4. The zero-order valence-corrected chi connectivity index (χ0v) is 24.0. The molecule has 0 unspecified atom stereocenters. The van der Waals surface area contributed by atoms with Gasteiger partial charge in [0.05, 0.1) is 0 Å². The molecule has 3 heteroatoms. The Hall–Kier alpha value is -4.24. The molecular formula is C37H34BNO. The van der Waals surface area contributed by atoms with Crippen LogP contribution in [0.1, 0.15) is 56.9 Å². The normalized spacial score (nSPS) is 17.5. The zero-order valence-electron chi connectivity index (χ0n) is 24.0. The van der Waals surface area contributed by atoms with Crippen molar-refractivity contribution >= 4 is 23.7 Å². The highest BCUT2D eigenvalue weighted by Gasteiger charge is 2.48. The van der Waals surface area contributed by atoms with Gasteiger partial charge in [-0.3, -0.25) is 0 Å². The summed E-state index contributed by atoms with van der Waals surface area (Å²) in [6.07, 6.45) is 5.81. The van der Waals surface area contributed by atoms with Gasteiger partial charge >= 0.3 is 6.85 Å². The predicted octanol–water partition coefficient (Wildman–Crippen LogP) is 8.62. The van der Waals surface area contributed by atoms with Crippen LogP contribution in [0.2, 0.25) is 0 Å². The van der Waals surface area contributed by atoms with Crippen LogP contribution in [0.5, 0.6) is 5.75 Å². The molecule has 0 N–H and O–H groups in total. The Morgan fingerprint density at radius 2 is 1.45 bits per heavy atom. The lowest BCUT2D eigenvalue weighted by Crippen LogP contribution is -2.53. The second kappa shape index (κ2) is 8.63. The number of hydrogen-bond donors (Lipinski definition) is 0. The molecule has 40 heavy (non-hydrogen) atoms. The molecule has 0 bridgehead atoms. The van der Waals surface area contributed by atoms with Crippen LogP contribution >= 0.6 is 0 Å². The number of ether oxygens (including phenoxy) is 1. The first-order valence-electron chi connectivity index (χ1n) is 14.2. The fourth-order valence-corrected chi connectivity index (χ4v) is 7.37. The standard InChI is InChI=1S/C37H34BNO/c1-7-8-20-32-24(2)38(30-18-12-14-21-33(30)40-32)39-31-19-13-11-17-28(31)36(3,4)29-23-22-26-25-15-9-10-16-27(25)37(5,6)34(26)35(29)39/h7-23H,1H2,2-6H3/b20-8-. The summed E-state index contributed by atoms with van der Waals surface area (Å²) < 4.78 is 6.49. The Labute approximate surface area is 238 Å². The highest BCUT2D eigenvalue weighted by Crippen LogP contribution is 2.59. The van der Waals surface area contributed by atoms with Crippen molar-refractivity contribution in [3.05, 3.63) is 143 Å². The maximum Gasteiger partial charge on any atom is 0.331 e. The van der Waals surface area contributed by atoms with Gasteiger partial charge in [0.25, 0.3) is 0 Å². The minimum atomic E-state index is -0.157. The van der Waals surface area contributed by atoms with E-state index in [0.717, 1.165) is 11.5 Å². The summed E-state index contributed by atoms with van der Waals surface area (Å²) in [6.45, 7) is 15.6. The van der Waals surface area contributed by atoms with Crippen LogP contribution < -0.4 is 15.0 Å². The molecule has 0 amide bonds. The second-order valence-electron chi connectivity index (χ2n) is 12.3. The first-order valence-corrected chi connectivity index (χ1v) is 14.2. The Morgan fingerprint density at radius 1 is 0.750 bits per heavy atom. The van der Waals surface area contributed by atoms with E-state index in [9.17, 15) is 0 Å². The van der Waals surface area contributed by atoms with Crippen molar-refractivity contribution in [2.75, 3.05) is 4.81 Å². The maximum absolute atomic E-state index is 6.49. The van der Waals surface area contributed by atoms with E-state index in [-0.39, 0.29) is 17.7 Å². The van der Waals surface area contributed by atoms with E-state index in [1.54, 1.807) is 6.08 Å². The average Bonchev–Trinajstić information content (AvgIpc) is 3.20. The van der Waals surface area contributed by atoms with E-state index in [1.807, 2.05) is 12.2 Å². The highest BCUT2D eigenvalue weighted by atomic mass is 16.5. The fourth-order valence-electron chi connectivity index (χ4n) is 7.37. The van der Waals surface area contributed by atoms with Gasteiger partial charge in [-0.2, -0.15) is 0 Å². The monoisotopic (exact) mass is 519 g/mol. The van der Waals surface area contributed by atoms with Crippen LogP contribution in [-0.2, 0) is 10.8 Å². The van der Waals surface area contributed by atoms with Crippen LogP contribution in [0.4, 0.5) is 11.4 Å². The molecule has 0 atom stereocenters. The van der Waals surface area contributed by atoms with E-state index in [4.69, 9.17) is 4.74 Å². The van der Waals surface area contributed by atoms with Crippen LogP contribution in [-0.4, -0.2) is 6.85 Å². The topological polar surface area (TPSA) is 12.5 Å². The number of anilines is 2. The molecule has 2 aliphatic heterocycles. The molecule has 4 aromatic rings. The molecule has 2 heterocycles. The van der Waals surface area contributed by atoms with Gasteiger partial charge in [-0.1, -0.05) is 119 Å². The summed E-state index contributed by atoms with van der Waals surface area (Å²) in [6, 6.07) is 31.2. The number of benzene rings is 4. The third-order valence-electron chi connectivity index (χ3n) is 9.32. The Balaban J connectivity index is 1.60. The minimum absolute atomic E-state index is 0.0311. The van der Waals surface area contributed by atoms with Gasteiger partial charge in [-0.05, 0) is 69.4 Å². The molecule has 0 saturated heterocycles. The van der Waals surface area contributed by atoms with E-state index < -0.39 is 0 Å².